The first-order valence-corrected chi connectivity index (χ1v) is 6.46. The van der Waals surface area contributed by atoms with E-state index in [0.717, 1.165) is 0 Å². The van der Waals surface area contributed by atoms with Gasteiger partial charge in [0.1, 0.15) is 5.82 Å². The van der Waals surface area contributed by atoms with Crippen LogP contribution >= 0.6 is 15.9 Å². The van der Waals surface area contributed by atoms with Gasteiger partial charge in [0.15, 0.2) is 0 Å². The molecule has 0 spiro atoms. The highest BCUT2D eigenvalue weighted by Gasteiger charge is 2.16. The molecule has 7 heteroatoms. The molecule has 0 radical (unpaired) electrons. The zero-order valence-corrected chi connectivity index (χ0v) is 11.8. The van der Waals surface area contributed by atoms with Crippen LogP contribution in [0.25, 0.3) is 0 Å². The van der Waals surface area contributed by atoms with Gasteiger partial charge in [0, 0.05) is 11.0 Å². The number of aliphatic carboxylic acids is 1. The van der Waals surface area contributed by atoms with E-state index in [-0.39, 0.29) is 12.2 Å². The Balaban J connectivity index is 2.53. The summed E-state index contributed by atoms with van der Waals surface area (Å²) in [6, 6.07) is 3.58. The molecule has 0 aliphatic carbocycles. The first-order valence-electron chi connectivity index (χ1n) is 5.66. The Morgan fingerprint density at radius 3 is 2.68 bits per heavy atom. The Labute approximate surface area is 118 Å². The van der Waals surface area contributed by atoms with Crippen molar-refractivity contribution in [3.05, 3.63) is 28.5 Å². The van der Waals surface area contributed by atoms with Gasteiger partial charge in [-0.25, -0.2) is 9.18 Å². The lowest BCUT2D eigenvalue weighted by Gasteiger charge is -2.12. The number of halogens is 2. The molecule has 1 aromatic carbocycles. The number of hydrogen-bond acceptors (Lipinski definition) is 2. The Hall–Kier alpha value is -1.63. The number of amides is 2. The van der Waals surface area contributed by atoms with Gasteiger partial charge in [-0.05, 0) is 24.6 Å². The van der Waals surface area contributed by atoms with Crippen molar-refractivity contribution < 1.29 is 19.1 Å². The Morgan fingerprint density at radius 1 is 1.47 bits per heavy atom. The monoisotopic (exact) mass is 332 g/mol. The summed E-state index contributed by atoms with van der Waals surface area (Å²) in [4.78, 5) is 22.3. The number of nitrogens with one attached hydrogen (secondary N) is 2. The van der Waals surface area contributed by atoms with Gasteiger partial charge in [0.05, 0.1) is 11.6 Å². The van der Waals surface area contributed by atoms with Crippen molar-refractivity contribution in [3.8, 4) is 0 Å². The fourth-order valence-electron chi connectivity index (χ4n) is 1.38. The molecule has 0 aromatic heterocycles. The molecule has 1 atom stereocenters. The predicted molar refractivity (Wildman–Crippen MR) is 72.5 cm³/mol. The minimum Gasteiger partial charge on any atom is -0.481 e. The van der Waals surface area contributed by atoms with Crippen molar-refractivity contribution in [2.24, 2.45) is 5.92 Å². The predicted octanol–water partition coefficient (Wildman–Crippen LogP) is 2.82. The van der Waals surface area contributed by atoms with Gasteiger partial charge in [-0.1, -0.05) is 22.9 Å². The van der Waals surface area contributed by atoms with Gasteiger partial charge in [-0.3, -0.25) is 4.79 Å². The fraction of sp³-hybridized carbons (Fsp3) is 0.333. The summed E-state index contributed by atoms with van der Waals surface area (Å²) in [5, 5.41) is 13.5. The quantitative estimate of drug-likeness (QED) is 0.775. The van der Waals surface area contributed by atoms with Crippen molar-refractivity contribution in [2.75, 3.05) is 11.9 Å². The highest BCUT2D eigenvalue weighted by molar-refractivity contribution is 9.10. The maximum absolute atomic E-state index is 13.4. The van der Waals surface area contributed by atoms with Gasteiger partial charge in [0.2, 0.25) is 0 Å². The van der Waals surface area contributed by atoms with Crippen molar-refractivity contribution in [1.29, 1.82) is 0 Å². The lowest BCUT2D eigenvalue weighted by Crippen LogP contribution is -2.35. The maximum atomic E-state index is 13.4. The minimum absolute atomic E-state index is 0.00415. The molecule has 0 bridgehead atoms. The Kier molecular flexibility index (Phi) is 5.75. The first kappa shape index (κ1) is 15.4. The van der Waals surface area contributed by atoms with Gasteiger partial charge < -0.3 is 15.7 Å². The summed E-state index contributed by atoms with van der Waals surface area (Å²) in [6.07, 6.45) is 0.405. The third kappa shape index (κ3) is 4.86. The Morgan fingerprint density at radius 2 is 2.16 bits per heavy atom. The molecule has 1 aromatic rings. The van der Waals surface area contributed by atoms with Crippen LogP contribution in [-0.2, 0) is 4.79 Å². The Bertz CT molecular complexity index is 482. The van der Waals surface area contributed by atoms with Gasteiger partial charge in [0.25, 0.3) is 0 Å². The standard InChI is InChI=1S/C12H14BrFN2O3/c1-2-7(11(17)18)6-15-12(19)16-10-4-3-8(13)5-9(10)14/h3-5,7H,2,6H2,1H3,(H,17,18)(H2,15,16,19). The van der Waals surface area contributed by atoms with E-state index in [1.807, 2.05) is 0 Å². The van der Waals surface area contributed by atoms with E-state index in [1.54, 1.807) is 13.0 Å². The smallest absolute Gasteiger partial charge is 0.319 e. The number of carbonyl (C=O) groups is 2. The molecule has 0 heterocycles. The van der Waals surface area contributed by atoms with Crippen molar-refractivity contribution in [2.45, 2.75) is 13.3 Å². The van der Waals surface area contributed by atoms with E-state index in [9.17, 15) is 14.0 Å². The van der Waals surface area contributed by atoms with Gasteiger partial charge in [-0.2, -0.15) is 0 Å². The molecule has 5 nitrogen and oxygen atoms in total. The van der Waals surface area contributed by atoms with Gasteiger partial charge >= 0.3 is 12.0 Å². The van der Waals surface area contributed by atoms with Gasteiger partial charge in [-0.15, -0.1) is 0 Å². The summed E-state index contributed by atoms with van der Waals surface area (Å²) in [7, 11) is 0. The third-order valence-corrected chi connectivity index (χ3v) is 3.02. The summed E-state index contributed by atoms with van der Waals surface area (Å²) < 4.78 is 14.0. The van der Waals surface area contributed by atoms with Crippen molar-refractivity contribution in [1.82, 2.24) is 5.32 Å². The first-order chi connectivity index (χ1) is 8.93. The van der Waals surface area contributed by atoms with E-state index in [4.69, 9.17) is 5.11 Å². The number of anilines is 1. The number of benzene rings is 1. The van der Waals surface area contributed by atoms with Crippen LogP contribution in [0.15, 0.2) is 22.7 Å². The molecular weight excluding hydrogens is 319 g/mol. The highest BCUT2D eigenvalue weighted by atomic mass is 79.9. The van der Waals surface area contributed by atoms with Crippen LogP contribution in [0.3, 0.4) is 0 Å². The normalized spacial score (nSPS) is 11.7. The van der Waals surface area contributed by atoms with Crippen LogP contribution < -0.4 is 10.6 Å². The second-order valence-electron chi connectivity index (χ2n) is 3.90. The third-order valence-electron chi connectivity index (χ3n) is 2.53. The molecule has 0 fully saturated rings. The minimum atomic E-state index is -0.974. The average molecular weight is 333 g/mol. The van der Waals surface area contributed by atoms with Crippen LogP contribution in [0, 0.1) is 11.7 Å². The molecule has 0 aliphatic rings. The molecule has 2 amide bonds. The molecule has 0 aliphatic heterocycles. The number of hydrogen-bond donors (Lipinski definition) is 3. The van der Waals surface area contributed by atoms with Crippen LogP contribution in [0.5, 0.6) is 0 Å². The van der Waals surface area contributed by atoms with Crippen molar-refractivity contribution >= 4 is 33.6 Å². The van der Waals surface area contributed by atoms with E-state index in [2.05, 4.69) is 26.6 Å². The zero-order valence-electron chi connectivity index (χ0n) is 10.2. The molecule has 1 unspecified atom stereocenters. The second kappa shape index (κ2) is 7.08. The maximum Gasteiger partial charge on any atom is 0.319 e. The van der Waals surface area contributed by atoms with E-state index in [1.165, 1.54) is 12.1 Å². The summed E-state index contributed by atoms with van der Waals surface area (Å²) in [5.74, 6) is -2.20. The van der Waals surface area contributed by atoms with Crippen LogP contribution in [-0.4, -0.2) is 23.7 Å². The number of rotatable bonds is 5. The van der Waals surface area contributed by atoms with Crippen LogP contribution in [0.1, 0.15) is 13.3 Å². The number of urea groups is 1. The lowest BCUT2D eigenvalue weighted by atomic mass is 10.1. The summed E-state index contributed by atoms with van der Waals surface area (Å²) in [6.45, 7) is 1.71. The molecule has 3 N–H and O–H groups in total. The average Bonchev–Trinajstić information content (AvgIpc) is 2.33. The van der Waals surface area contributed by atoms with E-state index >= 15 is 0 Å². The topological polar surface area (TPSA) is 78.4 Å². The zero-order chi connectivity index (χ0) is 14.4. The molecule has 19 heavy (non-hydrogen) atoms. The number of carbonyl (C=O) groups excluding carboxylic acids is 1. The van der Waals surface area contributed by atoms with Crippen LogP contribution in [0.4, 0.5) is 14.9 Å². The fourth-order valence-corrected chi connectivity index (χ4v) is 1.71. The largest absolute Gasteiger partial charge is 0.481 e. The molecule has 0 saturated carbocycles. The van der Waals surface area contributed by atoms with E-state index in [0.29, 0.717) is 10.9 Å². The molecular formula is C12H14BrFN2O3. The summed E-state index contributed by atoms with van der Waals surface area (Å²) in [5.41, 5.74) is 0.0315. The number of carboxylic acids is 1. The van der Waals surface area contributed by atoms with E-state index < -0.39 is 23.7 Å². The lowest BCUT2D eigenvalue weighted by molar-refractivity contribution is -0.141. The van der Waals surface area contributed by atoms with Crippen molar-refractivity contribution in [3.63, 3.8) is 0 Å². The SMILES string of the molecule is CCC(CNC(=O)Nc1ccc(Br)cc1F)C(=O)O. The molecule has 1 rings (SSSR count). The summed E-state index contributed by atoms with van der Waals surface area (Å²) >= 11 is 3.10. The highest BCUT2D eigenvalue weighted by Crippen LogP contribution is 2.19. The number of carboxylic acid groups (broad SMARTS) is 1. The molecule has 0 saturated heterocycles. The van der Waals surface area contributed by atoms with Crippen LogP contribution in [0.2, 0.25) is 0 Å². The second-order valence-corrected chi connectivity index (χ2v) is 4.82. The molecule has 104 valence electrons.